The molecule has 0 radical (unpaired) electrons. The van der Waals surface area contributed by atoms with Gasteiger partial charge in [0.1, 0.15) is 18.0 Å². The van der Waals surface area contributed by atoms with Crippen LogP contribution in [0.3, 0.4) is 0 Å². The maximum Gasteiger partial charge on any atom is 0.134 e. The van der Waals surface area contributed by atoms with E-state index in [2.05, 4.69) is 53.4 Å². The molecule has 0 bridgehead atoms. The number of nitrogen functional groups attached to an aromatic ring is 1. The van der Waals surface area contributed by atoms with Crippen molar-refractivity contribution in [2.45, 2.75) is 33.2 Å². The minimum atomic E-state index is 0.572. The predicted octanol–water partition coefficient (Wildman–Crippen LogP) is 2.93. The van der Waals surface area contributed by atoms with Gasteiger partial charge < -0.3 is 11.1 Å². The van der Waals surface area contributed by atoms with Crippen LogP contribution in [0.15, 0.2) is 30.6 Å². The number of rotatable bonds is 5. The van der Waals surface area contributed by atoms with Gasteiger partial charge in [0.15, 0.2) is 0 Å². The second-order valence-electron chi connectivity index (χ2n) is 4.68. The van der Waals surface area contributed by atoms with E-state index < -0.39 is 0 Å². The molecule has 1 aromatic heterocycles. The number of aryl methyl sites for hydroxylation is 1. The Morgan fingerprint density at radius 3 is 2.58 bits per heavy atom. The number of nitrogens with one attached hydrogen (secondary N) is 1. The first kappa shape index (κ1) is 13.3. The van der Waals surface area contributed by atoms with Crippen LogP contribution >= 0.6 is 0 Å². The molecule has 4 nitrogen and oxygen atoms in total. The second kappa shape index (κ2) is 6.18. The molecule has 0 aliphatic carbocycles. The third-order valence-corrected chi connectivity index (χ3v) is 3.06. The lowest BCUT2D eigenvalue weighted by Crippen LogP contribution is -2.08. The van der Waals surface area contributed by atoms with E-state index >= 15 is 0 Å². The van der Waals surface area contributed by atoms with E-state index in [1.54, 1.807) is 0 Å². The summed E-state index contributed by atoms with van der Waals surface area (Å²) in [4.78, 5) is 8.34. The predicted molar refractivity (Wildman–Crippen MR) is 78.9 cm³/mol. The lowest BCUT2D eigenvalue weighted by molar-refractivity contribution is 0.901. The molecule has 0 aliphatic rings. The van der Waals surface area contributed by atoms with E-state index in [0.717, 1.165) is 30.8 Å². The zero-order chi connectivity index (χ0) is 13.7. The van der Waals surface area contributed by atoms with Gasteiger partial charge in [-0.3, -0.25) is 0 Å². The Morgan fingerprint density at radius 2 is 1.89 bits per heavy atom. The molecule has 1 aromatic carbocycles. The van der Waals surface area contributed by atoms with Crippen LogP contribution < -0.4 is 11.1 Å². The van der Waals surface area contributed by atoms with Crippen molar-refractivity contribution in [3.8, 4) is 0 Å². The average molecular weight is 256 g/mol. The second-order valence-corrected chi connectivity index (χ2v) is 4.68. The molecule has 0 atom stereocenters. The molecule has 1 heterocycles. The van der Waals surface area contributed by atoms with Crippen molar-refractivity contribution in [2.75, 3.05) is 11.1 Å². The minimum Gasteiger partial charge on any atom is -0.383 e. The molecular weight excluding hydrogens is 236 g/mol. The number of hydrogen-bond donors (Lipinski definition) is 2. The molecular formula is C15H20N4. The van der Waals surface area contributed by atoms with Crippen LogP contribution in [0.2, 0.25) is 0 Å². The SMILES string of the molecule is CCCc1c(N)ncnc1NCc1ccc(C)cc1. The van der Waals surface area contributed by atoms with E-state index in [1.807, 2.05) is 0 Å². The summed E-state index contributed by atoms with van der Waals surface area (Å²) >= 11 is 0. The molecule has 2 aromatic rings. The Kier molecular flexibility index (Phi) is 4.34. The Bertz CT molecular complexity index is 534. The number of anilines is 2. The van der Waals surface area contributed by atoms with Gasteiger partial charge in [0.05, 0.1) is 0 Å². The van der Waals surface area contributed by atoms with E-state index in [0.29, 0.717) is 5.82 Å². The number of hydrogen-bond acceptors (Lipinski definition) is 4. The standard InChI is InChI=1S/C15H20N4/c1-3-4-13-14(16)18-10-19-15(13)17-9-12-7-5-11(2)6-8-12/h5-8,10H,3-4,9H2,1-2H3,(H3,16,17,18,19). The first-order chi connectivity index (χ1) is 9.20. The van der Waals surface area contributed by atoms with Crippen LogP contribution in [0.5, 0.6) is 0 Å². The average Bonchev–Trinajstić information content (AvgIpc) is 2.41. The largest absolute Gasteiger partial charge is 0.383 e. The fourth-order valence-corrected chi connectivity index (χ4v) is 1.97. The Hall–Kier alpha value is -2.10. The van der Waals surface area contributed by atoms with E-state index in [9.17, 15) is 0 Å². The fourth-order valence-electron chi connectivity index (χ4n) is 1.97. The van der Waals surface area contributed by atoms with Crippen LogP contribution in [0, 0.1) is 6.92 Å². The summed E-state index contributed by atoms with van der Waals surface area (Å²) in [5.74, 6) is 1.41. The zero-order valence-electron chi connectivity index (χ0n) is 11.5. The summed E-state index contributed by atoms with van der Waals surface area (Å²) in [5.41, 5.74) is 9.41. The van der Waals surface area contributed by atoms with Gasteiger partial charge in [-0.15, -0.1) is 0 Å². The molecule has 100 valence electrons. The van der Waals surface area contributed by atoms with Gasteiger partial charge in [-0.1, -0.05) is 43.2 Å². The van der Waals surface area contributed by atoms with E-state index in [-0.39, 0.29) is 0 Å². The van der Waals surface area contributed by atoms with Crippen molar-refractivity contribution in [1.29, 1.82) is 0 Å². The first-order valence-corrected chi connectivity index (χ1v) is 6.59. The fraction of sp³-hybridized carbons (Fsp3) is 0.333. The summed E-state index contributed by atoms with van der Waals surface area (Å²) < 4.78 is 0. The highest BCUT2D eigenvalue weighted by molar-refractivity contribution is 5.55. The topological polar surface area (TPSA) is 63.8 Å². The molecule has 19 heavy (non-hydrogen) atoms. The van der Waals surface area contributed by atoms with Crippen molar-refractivity contribution in [2.24, 2.45) is 0 Å². The first-order valence-electron chi connectivity index (χ1n) is 6.59. The van der Waals surface area contributed by atoms with Crippen molar-refractivity contribution < 1.29 is 0 Å². The Labute approximate surface area is 114 Å². The van der Waals surface area contributed by atoms with E-state index in [4.69, 9.17) is 5.73 Å². The molecule has 0 saturated heterocycles. The molecule has 0 unspecified atom stereocenters. The molecule has 0 fully saturated rings. The summed E-state index contributed by atoms with van der Waals surface area (Å²) in [6, 6.07) is 8.45. The van der Waals surface area contributed by atoms with Gasteiger partial charge in [0, 0.05) is 12.1 Å². The van der Waals surface area contributed by atoms with Crippen molar-refractivity contribution >= 4 is 11.6 Å². The number of nitrogens with zero attached hydrogens (tertiary/aromatic N) is 2. The third kappa shape index (κ3) is 3.44. The smallest absolute Gasteiger partial charge is 0.134 e. The van der Waals surface area contributed by atoms with Gasteiger partial charge >= 0.3 is 0 Å². The summed E-state index contributed by atoms with van der Waals surface area (Å²) in [7, 11) is 0. The van der Waals surface area contributed by atoms with E-state index in [1.165, 1.54) is 17.5 Å². The maximum atomic E-state index is 5.91. The highest BCUT2D eigenvalue weighted by atomic mass is 15.0. The monoisotopic (exact) mass is 256 g/mol. The lowest BCUT2D eigenvalue weighted by atomic mass is 10.1. The number of benzene rings is 1. The molecule has 0 spiro atoms. The lowest BCUT2D eigenvalue weighted by Gasteiger charge is -2.12. The summed E-state index contributed by atoms with van der Waals surface area (Å²) in [6.07, 6.45) is 3.42. The Balaban J connectivity index is 2.10. The van der Waals surface area contributed by atoms with Gasteiger partial charge in [0.25, 0.3) is 0 Å². The van der Waals surface area contributed by atoms with Gasteiger partial charge in [-0.2, -0.15) is 0 Å². The summed E-state index contributed by atoms with van der Waals surface area (Å²) in [6.45, 7) is 4.95. The summed E-state index contributed by atoms with van der Waals surface area (Å²) in [5, 5.41) is 3.34. The van der Waals surface area contributed by atoms with Crippen LogP contribution in [0.4, 0.5) is 11.6 Å². The van der Waals surface area contributed by atoms with Crippen LogP contribution in [-0.2, 0) is 13.0 Å². The normalized spacial score (nSPS) is 10.4. The molecule has 2 rings (SSSR count). The number of nitrogens with two attached hydrogens (primary N) is 1. The molecule has 3 N–H and O–H groups in total. The van der Waals surface area contributed by atoms with Crippen molar-refractivity contribution in [3.63, 3.8) is 0 Å². The van der Waals surface area contributed by atoms with Crippen LogP contribution in [0.25, 0.3) is 0 Å². The highest BCUT2D eigenvalue weighted by Crippen LogP contribution is 2.19. The Morgan fingerprint density at radius 1 is 1.16 bits per heavy atom. The molecule has 0 saturated carbocycles. The molecule has 0 amide bonds. The van der Waals surface area contributed by atoms with Crippen LogP contribution in [-0.4, -0.2) is 9.97 Å². The molecule has 0 aliphatic heterocycles. The third-order valence-electron chi connectivity index (χ3n) is 3.06. The molecule has 4 heteroatoms. The maximum absolute atomic E-state index is 5.91. The van der Waals surface area contributed by atoms with Gasteiger partial charge in [-0.05, 0) is 18.9 Å². The number of aromatic nitrogens is 2. The minimum absolute atomic E-state index is 0.572. The highest BCUT2D eigenvalue weighted by Gasteiger charge is 2.07. The zero-order valence-corrected chi connectivity index (χ0v) is 11.5. The van der Waals surface area contributed by atoms with Gasteiger partial charge in [-0.25, -0.2) is 9.97 Å². The quantitative estimate of drug-likeness (QED) is 0.863. The van der Waals surface area contributed by atoms with Gasteiger partial charge in [0.2, 0.25) is 0 Å². The van der Waals surface area contributed by atoms with Crippen LogP contribution in [0.1, 0.15) is 30.0 Å². The van der Waals surface area contributed by atoms with Crippen molar-refractivity contribution in [1.82, 2.24) is 9.97 Å². The van der Waals surface area contributed by atoms with Crippen molar-refractivity contribution in [3.05, 3.63) is 47.3 Å².